The summed E-state index contributed by atoms with van der Waals surface area (Å²) in [5.74, 6) is -0.437. The Kier molecular flexibility index (Phi) is 5.47. The van der Waals surface area contributed by atoms with E-state index in [1.807, 2.05) is 6.92 Å². The lowest BCUT2D eigenvalue weighted by Crippen LogP contribution is -2.11. The molecule has 1 N–H and O–H groups in total. The van der Waals surface area contributed by atoms with Gasteiger partial charge < -0.3 is 9.84 Å². The lowest BCUT2D eigenvalue weighted by Gasteiger charge is -2.06. The predicted molar refractivity (Wildman–Crippen MR) is 42.1 cm³/mol. The van der Waals surface area contributed by atoms with Gasteiger partial charge in [0.25, 0.3) is 0 Å². The Bertz CT molecular complexity index is 131. The lowest BCUT2D eigenvalue weighted by atomic mass is 10.2. The lowest BCUT2D eigenvalue weighted by molar-refractivity contribution is -0.138. The maximum atomic E-state index is 10.5. The number of hydrogen-bond acceptors (Lipinski definition) is 3. The van der Waals surface area contributed by atoms with Gasteiger partial charge >= 0.3 is 5.97 Å². The van der Waals surface area contributed by atoms with E-state index in [0.29, 0.717) is 12.8 Å². The van der Waals surface area contributed by atoms with Crippen LogP contribution in [0.25, 0.3) is 0 Å². The molecule has 1 atom stereocenters. The average Bonchev–Trinajstić information content (AvgIpc) is 2.04. The summed E-state index contributed by atoms with van der Waals surface area (Å²) in [6.07, 6.45) is 1.92. The Morgan fingerprint density at radius 3 is 2.91 bits per heavy atom. The second kappa shape index (κ2) is 5.92. The quantitative estimate of drug-likeness (QED) is 0.477. The fraction of sp³-hybridized carbons (Fsp3) is 0.625. The summed E-state index contributed by atoms with van der Waals surface area (Å²) in [7, 11) is 0. The van der Waals surface area contributed by atoms with Crippen molar-refractivity contribution in [2.24, 2.45) is 0 Å². The van der Waals surface area contributed by atoms with Gasteiger partial charge in [0.2, 0.25) is 0 Å². The van der Waals surface area contributed by atoms with Gasteiger partial charge in [0.1, 0.15) is 0 Å². The van der Waals surface area contributed by atoms with Crippen molar-refractivity contribution in [2.45, 2.75) is 25.9 Å². The van der Waals surface area contributed by atoms with Crippen LogP contribution in [-0.4, -0.2) is 23.8 Å². The normalized spacial score (nSPS) is 12.2. The molecule has 0 aromatic rings. The van der Waals surface area contributed by atoms with Crippen LogP contribution in [0.1, 0.15) is 19.8 Å². The first-order chi connectivity index (χ1) is 5.20. The number of esters is 1. The highest BCUT2D eigenvalue weighted by Gasteiger charge is 2.01. The molecular formula is C8H14O3. The third-order valence-corrected chi connectivity index (χ3v) is 1.33. The third-order valence-electron chi connectivity index (χ3n) is 1.33. The molecule has 0 saturated carbocycles. The first-order valence-corrected chi connectivity index (χ1v) is 3.68. The van der Waals surface area contributed by atoms with Crippen LogP contribution in [0.3, 0.4) is 0 Å². The summed E-state index contributed by atoms with van der Waals surface area (Å²) in [6, 6.07) is 0. The van der Waals surface area contributed by atoms with E-state index in [0.717, 1.165) is 6.08 Å². The molecule has 0 unspecified atom stereocenters. The van der Waals surface area contributed by atoms with Gasteiger partial charge in [0.05, 0.1) is 12.7 Å². The number of rotatable bonds is 5. The monoisotopic (exact) mass is 158 g/mol. The number of aliphatic hydroxyl groups is 1. The molecule has 0 fully saturated rings. The van der Waals surface area contributed by atoms with Gasteiger partial charge in [-0.25, -0.2) is 4.79 Å². The van der Waals surface area contributed by atoms with Gasteiger partial charge in [-0.05, 0) is 6.42 Å². The third kappa shape index (κ3) is 5.61. The van der Waals surface area contributed by atoms with Crippen LogP contribution >= 0.6 is 0 Å². The van der Waals surface area contributed by atoms with Crippen molar-refractivity contribution in [3.05, 3.63) is 12.7 Å². The van der Waals surface area contributed by atoms with Crippen molar-refractivity contribution in [1.29, 1.82) is 0 Å². The van der Waals surface area contributed by atoms with Gasteiger partial charge in [0, 0.05) is 12.5 Å². The molecule has 0 aliphatic carbocycles. The Morgan fingerprint density at radius 1 is 1.82 bits per heavy atom. The SMILES string of the molecule is C=CC(=O)OCC[C@@H](O)CC. The second-order valence-electron chi connectivity index (χ2n) is 2.22. The summed E-state index contributed by atoms with van der Waals surface area (Å²) < 4.78 is 4.65. The number of aliphatic hydroxyl groups excluding tert-OH is 1. The van der Waals surface area contributed by atoms with E-state index >= 15 is 0 Å². The molecule has 0 bridgehead atoms. The van der Waals surface area contributed by atoms with Gasteiger partial charge in [-0.15, -0.1) is 0 Å². The van der Waals surface area contributed by atoms with Crippen molar-refractivity contribution < 1.29 is 14.6 Å². The first-order valence-electron chi connectivity index (χ1n) is 3.68. The highest BCUT2D eigenvalue weighted by Crippen LogP contribution is 1.96. The van der Waals surface area contributed by atoms with Crippen molar-refractivity contribution >= 4 is 5.97 Å². The summed E-state index contributed by atoms with van der Waals surface area (Å²) in [4.78, 5) is 10.5. The van der Waals surface area contributed by atoms with E-state index in [1.54, 1.807) is 0 Å². The molecule has 0 spiro atoms. The highest BCUT2D eigenvalue weighted by molar-refractivity contribution is 5.81. The largest absolute Gasteiger partial charge is 0.462 e. The minimum Gasteiger partial charge on any atom is -0.462 e. The first kappa shape index (κ1) is 10.2. The van der Waals surface area contributed by atoms with Crippen LogP contribution in [0.4, 0.5) is 0 Å². The number of ether oxygens (including phenoxy) is 1. The Labute approximate surface area is 66.7 Å². The Hall–Kier alpha value is -0.830. The van der Waals surface area contributed by atoms with E-state index in [4.69, 9.17) is 5.11 Å². The zero-order valence-corrected chi connectivity index (χ0v) is 6.75. The average molecular weight is 158 g/mol. The van der Waals surface area contributed by atoms with E-state index in [-0.39, 0.29) is 12.7 Å². The molecule has 0 aliphatic heterocycles. The molecule has 0 heterocycles. The van der Waals surface area contributed by atoms with Gasteiger partial charge in [0.15, 0.2) is 0 Å². The molecule has 0 amide bonds. The van der Waals surface area contributed by atoms with Crippen molar-refractivity contribution in [2.75, 3.05) is 6.61 Å². The maximum absolute atomic E-state index is 10.5. The van der Waals surface area contributed by atoms with Gasteiger partial charge in [-0.3, -0.25) is 0 Å². The maximum Gasteiger partial charge on any atom is 0.330 e. The minimum absolute atomic E-state index is 0.264. The van der Waals surface area contributed by atoms with E-state index in [9.17, 15) is 4.79 Å². The summed E-state index contributed by atoms with van der Waals surface area (Å²) in [5.41, 5.74) is 0. The van der Waals surface area contributed by atoms with Crippen LogP contribution in [0.5, 0.6) is 0 Å². The molecule has 0 radical (unpaired) electrons. The van der Waals surface area contributed by atoms with Crippen LogP contribution in [0, 0.1) is 0 Å². The molecule has 3 nitrogen and oxygen atoms in total. The number of carbonyl (C=O) groups excluding carboxylic acids is 1. The molecule has 0 aliphatic rings. The Morgan fingerprint density at radius 2 is 2.45 bits per heavy atom. The molecule has 0 rings (SSSR count). The highest BCUT2D eigenvalue weighted by atomic mass is 16.5. The topological polar surface area (TPSA) is 46.5 Å². The standard InChI is InChI=1S/C8H14O3/c1-3-7(9)5-6-11-8(10)4-2/h4,7,9H,2-3,5-6H2,1H3/t7-/m0/s1. The zero-order chi connectivity index (χ0) is 8.69. The van der Waals surface area contributed by atoms with E-state index in [2.05, 4.69) is 11.3 Å². The van der Waals surface area contributed by atoms with E-state index < -0.39 is 5.97 Å². The smallest absolute Gasteiger partial charge is 0.330 e. The fourth-order valence-electron chi connectivity index (χ4n) is 0.559. The molecule has 0 aromatic carbocycles. The minimum atomic E-state index is -0.437. The van der Waals surface area contributed by atoms with Crippen LogP contribution < -0.4 is 0 Å². The Balaban J connectivity index is 3.26. The molecule has 0 saturated heterocycles. The molecular weight excluding hydrogens is 144 g/mol. The molecule has 11 heavy (non-hydrogen) atoms. The van der Waals surface area contributed by atoms with Gasteiger partial charge in [-0.2, -0.15) is 0 Å². The number of hydrogen-bond donors (Lipinski definition) is 1. The van der Waals surface area contributed by atoms with Gasteiger partial charge in [-0.1, -0.05) is 13.5 Å². The number of carbonyl (C=O) groups is 1. The van der Waals surface area contributed by atoms with Crippen molar-refractivity contribution in [3.8, 4) is 0 Å². The summed E-state index contributed by atoms with van der Waals surface area (Å²) in [6.45, 7) is 5.38. The van der Waals surface area contributed by atoms with Crippen molar-refractivity contribution in [1.82, 2.24) is 0 Å². The van der Waals surface area contributed by atoms with Crippen LogP contribution in [0.15, 0.2) is 12.7 Å². The molecule has 0 aromatic heterocycles. The zero-order valence-electron chi connectivity index (χ0n) is 6.75. The van der Waals surface area contributed by atoms with Crippen LogP contribution in [0.2, 0.25) is 0 Å². The van der Waals surface area contributed by atoms with Crippen LogP contribution in [-0.2, 0) is 9.53 Å². The fourth-order valence-corrected chi connectivity index (χ4v) is 0.559. The second-order valence-corrected chi connectivity index (χ2v) is 2.22. The summed E-state index contributed by atoms with van der Waals surface area (Å²) >= 11 is 0. The molecule has 64 valence electrons. The predicted octanol–water partition coefficient (Wildman–Crippen LogP) is 0.877. The van der Waals surface area contributed by atoms with Crippen molar-refractivity contribution in [3.63, 3.8) is 0 Å². The molecule has 3 heteroatoms. The summed E-state index contributed by atoms with van der Waals surface area (Å²) in [5, 5.41) is 9.03. The van der Waals surface area contributed by atoms with E-state index in [1.165, 1.54) is 0 Å².